The lowest BCUT2D eigenvalue weighted by atomic mass is 9.98. The van der Waals surface area contributed by atoms with Gasteiger partial charge in [0.15, 0.2) is 23.0 Å². The number of aryl methyl sites for hydroxylation is 2. The molecule has 4 rings (SSSR count). The Hall–Kier alpha value is -4.58. The molecular weight excluding hydrogens is 488 g/mol. The van der Waals surface area contributed by atoms with E-state index in [2.05, 4.69) is 50.2 Å². The van der Waals surface area contributed by atoms with E-state index < -0.39 is 0 Å². The molecule has 0 atom stereocenters. The molecule has 0 spiro atoms. The fraction of sp³-hybridized carbons (Fsp3) is 0.212. The largest absolute Gasteiger partial charge is 0.504 e. The number of rotatable bonds is 10. The second kappa shape index (κ2) is 12.8. The van der Waals surface area contributed by atoms with E-state index in [1.807, 2.05) is 12.1 Å². The summed E-state index contributed by atoms with van der Waals surface area (Å²) in [5.74, 6) is 1.07. The van der Waals surface area contributed by atoms with Gasteiger partial charge >= 0.3 is 0 Å². The molecule has 0 aliphatic carbocycles. The standard InChI is InChI=1S/C33H34N2O4/c1-5-26-16-22(7-11-28(26)34-20-24-9-13-30(36)32(18-24)38-3)15-23-8-12-29(27(6-2)17-23)35-21-25-10-14-31(37)33(19-25)39-4/h7-14,16-21,36-37H,5-6,15H2,1-4H3/b34-20+,35-21+. The van der Waals surface area contributed by atoms with Crippen molar-refractivity contribution >= 4 is 23.8 Å². The minimum atomic E-state index is 0.109. The van der Waals surface area contributed by atoms with E-state index >= 15 is 0 Å². The monoisotopic (exact) mass is 522 g/mol. The predicted octanol–water partition coefficient (Wildman–Crippen LogP) is 7.33. The van der Waals surface area contributed by atoms with Crippen LogP contribution in [0.1, 0.15) is 47.2 Å². The smallest absolute Gasteiger partial charge is 0.161 e. The molecule has 4 aromatic rings. The second-order valence-electron chi connectivity index (χ2n) is 9.19. The Balaban J connectivity index is 1.50. The lowest BCUT2D eigenvalue weighted by Crippen LogP contribution is -1.94. The summed E-state index contributed by atoms with van der Waals surface area (Å²) in [6.45, 7) is 4.26. The van der Waals surface area contributed by atoms with E-state index in [4.69, 9.17) is 19.5 Å². The average molecular weight is 523 g/mol. The Bertz CT molecular complexity index is 1400. The van der Waals surface area contributed by atoms with Gasteiger partial charge in [0.1, 0.15) is 0 Å². The summed E-state index contributed by atoms with van der Waals surface area (Å²) in [6.07, 6.45) is 6.14. The molecule has 200 valence electrons. The van der Waals surface area contributed by atoms with Gasteiger partial charge in [-0.05, 0) is 101 Å². The number of ether oxygens (including phenoxy) is 2. The molecule has 2 N–H and O–H groups in total. The van der Waals surface area contributed by atoms with Crippen molar-refractivity contribution < 1.29 is 19.7 Å². The van der Waals surface area contributed by atoms with Gasteiger partial charge in [0, 0.05) is 12.4 Å². The predicted molar refractivity (Wildman–Crippen MR) is 158 cm³/mol. The fourth-order valence-corrected chi connectivity index (χ4v) is 4.39. The van der Waals surface area contributed by atoms with Crippen molar-refractivity contribution in [3.05, 3.63) is 106 Å². The number of phenolic OH excluding ortho intramolecular Hbond substituents is 2. The summed E-state index contributed by atoms with van der Waals surface area (Å²) in [6, 6.07) is 23.2. The summed E-state index contributed by atoms with van der Waals surface area (Å²) in [5.41, 5.74) is 8.38. The van der Waals surface area contributed by atoms with Crippen LogP contribution in [0.25, 0.3) is 0 Å². The van der Waals surface area contributed by atoms with Crippen LogP contribution in [-0.2, 0) is 19.3 Å². The molecule has 4 aromatic carbocycles. The Kier molecular flexibility index (Phi) is 9.00. The average Bonchev–Trinajstić information content (AvgIpc) is 2.96. The minimum absolute atomic E-state index is 0.109. The van der Waals surface area contributed by atoms with Gasteiger partial charge in [-0.3, -0.25) is 9.98 Å². The van der Waals surface area contributed by atoms with Crippen LogP contribution in [0.4, 0.5) is 11.4 Å². The van der Waals surface area contributed by atoms with E-state index in [-0.39, 0.29) is 11.5 Å². The summed E-state index contributed by atoms with van der Waals surface area (Å²) < 4.78 is 10.4. The maximum absolute atomic E-state index is 9.81. The first kappa shape index (κ1) is 27.5. The third-order valence-corrected chi connectivity index (χ3v) is 6.57. The molecule has 6 nitrogen and oxygen atoms in total. The number of methoxy groups -OCH3 is 2. The van der Waals surface area contributed by atoms with Gasteiger partial charge in [-0.2, -0.15) is 0 Å². The molecule has 0 fully saturated rings. The highest BCUT2D eigenvalue weighted by atomic mass is 16.5. The topological polar surface area (TPSA) is 83.6 Å². The Labute approximate surface area is 229 Å². The van der Waals surface area contributed by atoms with E-state index in [0.29, 0.717) is 11.5 Å². The van der Waals surface area contributed by atoms with Crippen LogP contribution >= 0.6 is 0 Å². The zero-order valence-corrected chi connectivity index (χ0v) is 22.8. The first-order valence-electron chi connectivity index (χ1n) is 13.0. The molecule has 0 aliphatic heterocycles. The molecule has 0 bridgehead atoms. The Morgan fingerprint density at radius 1 is 0.615 bits per heavy atom. The quantitative estimate of drug-likeness (QED) is 0.214. The van der Waals surface area contributed by atoms with Crippen molar-refractivity contribution in [1.82, 2.24) is 0 Å². The highest BCUT2D eigenvalue weighted by molar-refractivity contribution is 5.84. The van der Waals surface area contributed by atoms with Crippen LogP contribution in [0, 0.1) is 0 Å². The van der Waals surface area contributed by atoms with E-state index in [1.54, 1.807) is 36.7 Å². The summed E-state index contributed by atoms with van der Waals surface area (Å²) in [4.78, 5) is 9.40. The molecule has 6 heteroatoms. The van der Waals surface area contributed by atoms with Crippen LogP contribution in [-0.4, -0.2) is 36.9 Å². The molecule has 0 radical (unpaired) electrons. The normalized spacial score (nSPS) is 11.4. The number of hydrogen-bond donors (Lipinski definition) is 2. The third kappa shape index (κ3) is 6.85. The molecule has 0 saturated heterocycles. The maximum atomic E-state index is 9.81. The second-order valence-corrected chi connectivity index (χ2v) is 9.19. The van der Waals surface area contributed by atoms with Crippen LogP contribution in [0.5, 0.6) is 23.0 Å². The molecule has 0 saturated carbocycles. The van der Waals surface area contributed by atoms with E-state index in [0.717, 1.165) is 41.8 Å². The van der Waals surface area contributed by atoms with Crippen LogP contribution in [0.15, 0.2) is 82.8 Å². The number of aromatic hydroxyl groups is 2. The van der Waals surface area contributed by atoms with Gasteiger partial charge < -0.3 is 19.7 Å². The number of phenols is 2. The lowest BCUT2D eigenvalue weighted by molar-refractivity contribution is 0.373. The highest BCUT2D eigenvalue weighted by Gasteiger charge is 2.07. The van der Waals surface area contributed by atoms with Crippen molar-refractivity contribution in [3.63, 3.8) is 0 Å². The Morgan fingerprint density at radius 2 is 1.05 bits per heavy atom. The number of benzene rings is 4. The van der Waals surface area contributed by atoms with Gasteiger partial charge in [-0.15, -0.1) is 0 Å². The zero-order valence-electron chi connectivity index (χ0n) is 22.8. The fourth-order valence-electron chi connectivity index (χ4n) is 4.39. The summed E-state index contributed by atoms with van der Waals surface area (Å²) >= 11 is 0. The van der Waals surface area contributed by atoms with Crippen molar-refractivity contribution in [1.29, 1.82) is 0 Å². The number of aliphatic imine (C=N–C) groups is 2. The minimum Gasteiger partial charge on any atom is -0.504 e. The van der Waals surface area contributed by atoms with Crippen molar-refractivity contribution in [2.75, 3.05) is 14.2 Å². The van der Waals surface area contributed by atoms with Crippen LogP contribution in [0.3, 0.4) is 0 Å². The molecular formula is C33H34N2O4. The number of hydrogen-bond acceptors (Lipinski definition) is 6. The van der Waals surface area contributed by atoms with Gasteiger partial charge in [0.25, 0.3) is 0 Å². The van der Waals surface area contributed by atoms with Gasteiger partial charge in [-0.25, -0.2) is 0 Å². The van der Waals surface area contributed by atoms with Crippen LogP contribution < -0.4 is 9.47 Å². The first-order valence-corrected chi connectivity index (χ1v) is 13.0. The van der Waals surface area contributed by atoms with E-state index in [1.165, 1.54) is 36.5 Å². The molecule has 0 heterocycles. The summed E-state index contributed by atoms with van der Waals surface area (Å²) in [5, 5.41) is 19.6. The van der Waals surface area contributed by atoms with Crippen molar-refractivity contribution in [3.8, 4) is 23.0 Å². The number of nitrogens with zero attached hydrogens (tertiary/aromatic N) is 2. The zero-order chi connectivity index (χ0) is 27.8. The molecule has 39 heavy (non-hydrogen) atoms. The van der Waals surface area contributed by atoms with Crippen molar-refractivity contribution in [2.45, 2.75) is 33.1 Å². The van der Waals surface area contributed by atoms with Gasteiger partial charge in [0.2, 0.25) is 0 Å². The lowest BCUT2D eigenvalue weighted by Gasteiger charge is -2.10. The van der Waals surface area contributed by atoms with Gasteiger partial charge in [0.05, 0.1) is 25.6 Å². The molecule has 0 aromatic heterocycles. The molecule has 0 aliphatic rings. The highest BCUT2D eigenvalue weighted by Crippen LogP contribution is 2.29. The van der Waals surface area contributed by atoms with Crippen LogP contribution in [0.2, 0.25) is 0 Å². The summed E-state index contributed by atoms with van der Waals surface area (Å²) in [7, 11) is 3.06. The van der Waals surface area contributed by atoms with Gasteiger partial charge in [-0.1, -0.05) is 38.1 Å². The SMILES string of the molecule is CCc1cc(Cc2ccc(/N=C/c3ccc(O)c(OC)c3)c(CC)c2)ccc1/N=C/c1ccc(O)c(OC)c1. The Morgan fingerprint density at radius 3 is 1.44 bits per heavy atom. The molecule has 0 amide bonds. The molecule has 0 unspecified atom stereocenters. The maximum Gasteiger partial charge on any atom is 0.161 e. The van der Waals surface area contributed by atoms with E-state index in [9.17, 15) is 10.2 Å². The first-order chi connectivity index (χ1) is 18.9. The third-order valence-electron chi connectivity index (χ3n) is 6.57. The van der Waals surface area contributed by atoms with Crippen molar-refractivity contribution in [2.24, 2.45) is 9.98 Å².